The van der Waals surface area contributed by atoms with Gasteiger partial charge in [0, 0.05) is 29.4 Å². The summed E-state index contributed by atoms with van der Waals surface area (Å²) in [6.45, 7) is 3.88. The third-order valence-corrected chi connectivity index (χ3v) is 2.82. The summed E-state index contributed by atoms with van der Waals surface area (Å²) < 4.78 is 5.04. The molecule has 104 valence electrons. The van der Waals surface area contributed by atoms with Gasteiger partial charge in [0.25, 0.3) is 5.91 Å². The molecule has 1 N–H and O–H groups in total. The lowest BCUT2D eigenvalue weighted by atomic mass is 10.0. The van der Waals surface area contributed by atoms with E-state index in [0.29, 0.717) is 11.4 Å². The Morgan fingerprint density at radius 1 is 1.20 bits per heavy atom. The van der Waals surface area contributed by atoms with Gasteiger partial charge in [-0.2, -0.15) is 0 Å². The summed E-state index contributed by atoms with van der Waals surface area (Å²) in [5.41, 5.74) is 2.55. The highest BCUT2D eigenvalue weighted by molar-refractivity contribution is 5.95. The fourth-order valence-electron chi connectivity index (χ4n) is 1.86. The number of benzene rings is 1. The molecule has 4 nitrogen and oxygen atoms in total. The molecular formula is C16H18N2O2. The van der Waals surface area contributed by atoms with E-state index in [0.717, 1.165) is 11.1 Å². The summed E-state index contributed by atoms with van der Waals surface area (Å²) in [5, 5.41) is 2.88. The van der Waals surface area contributed by atoms with Crippen molar-refractivity contribution in [3.8, 4) is 17.0 Å². The van der Waals surface area contributed by atoms with Crippen LogP contribution in [0.4, 0.5) is 0 Å². The van der Waals surface area contributed by atoms with Crippen LogP contribution in [-0.2, 0) is 0 Å². The van der Waals surface area contributed by atoms with Gasteiger partial charge in [-0.3, -0.25) is 4.79 Å². The van der Waals surface area contributed by atoms with Crippen LogP contribution in [0.5, 0.6) is 5.88 Å². The van der Waals surface area contributed by atoms with Crippen LogP contribution < -0.4 is 10.1 Å². The predicted octanol–water partition coefficient (Wildman–Crippen LogP) is 2.90. The fraction of sp³-hybridized carbons (Fsp3) is 0.250. The number of carbonyl (C=O) groups is 1. The molecule has 0 aliphatic carbocycles. The van der Waals surface area contributed by atoms with Crippen molar-refractivity contribution in [2.45, 2.75) is 19.9 Å². The molecule has 0 saturated carbocycles. The van der Waals surface area contributed by atoms with Gasteiger partial charge in [0.1, 0.15) is 0 Å². The Morgan fingerprint density at radius 3 is 2.60 bits per heavy atom. The highest BCUT2D eigenvalue weighted by Crippen LogP contribution is 2.21. The molecule has 2 rings (SSSR count). The maximum Gasteiger partial charge on any atom is 0.251 e. The molecule has 0 bridgehead atoms. The summed E-state index contributed by atoms with van der Waals surface area (Å²) in [5.74, 6) is 0.505. The second-order valence-corrected chi connectivity index (χ2v) is 4.80. The van der Waals surface area contributed by atoms with Crippen LogP contribution in [0.15, 0.2) is 42.6 Å². The highest BCUT2D eigenvalue weighted by Gasteiger charge is 2.08. The molecule has 0 atom stereocenters. The molecule has 1 amide bonds. The topological polar surface area (TPSA) is 51.2 Å². The first-order valence-corrected chi connectivity index (χ1v) is 6.51. The second-order valence-electron chi connectivity index (χ2n) is 4.80. The minimum Gasteiger partial charge on any atom is -0.481 e. The van der Waals surface area contributed by atoms with E-state index in [9.17, 15) is 4.79 Å². The van der Waals surface area contributed by atoms with Crippen LogP contribution in [0.25, 0.3) is 11.1 Å². The first kappa shape index (κ1) is 14.1. The Kier molecular flexibility index (Phi) is 4.35. The highest BCUT2D eigenvalue weighted by atomic mass is 16.5. The van der Waals surface area contributed by atoms with Crippen LogP contribution in [0.1, 0.15) is 24.2 Å². The number of rotatable bonds is 4. The quantitative estimate of drug-likeness (QED) is 0.929. The molecule has 2 aromatic rings. The lowest BCUT2D eigenvalue weighted by molar-refractivity contribution is 0.0943. The Bertz CT molecular complexity index is 592. The first-order chi connectivity index (χ1) is 9.60. The van der Waals surface area contributed by atoms with E-state index in [1.807, 2.05) is 38.1 Å². The van der Waals surface area contributed by atoms with E-state index in [-0.39, 0.29) is 11.9 Å². The minimum atomic E-state index is -0.0664. The third-order valence-electron chi connectivity index (χ3n) is 2.82. The number of amides is 1. The molecule has 0 aliphatic rings. The summed E-state index contributed by atoms with van der Waals surface area (Å²) in [6, 6.07) is 11.3. The number of methoxy groups -OCH3 is 1. The Balaban J connectivity index is 2.26. The maximum atomic E-state index is 12.0. The molecule has 0 aliphatic heterocycles. The number of hydrogen-bond acceptors (Lipinski definition) is 3. The van der Waals surface area contributed by atoms with Gasteiger partial charge in [0.05, 0.1) is 7.11 Å². The van der Waals surface area contributed by atoms with E-state index in [1.165, 1.54) is 0 Å². The van der Waals surface area contributed by atoms with E-state index in [2.05, 4.69) is 10.3 Å². The van der Waals surface area contributed by atoms with Crippen molar-refractivity contribution in [3.63, 3.8) is 0 Å². The molecule has 20 heavy (non-hydrogen) atoms. The van der Waals surface area contributed by atoms with Crippen molar-refractivity contribution in [2.24, 2.45) is 0 Å². The second kappa shape index (κ2) is 6.19. The molecule has 1 aromatic heterocycles. The van der Waals surface area contributed by atoms with Crippen LogP contribution >= 0.6 is 0 Å². The number of ether oxygens (including phenoxy) is 1. The van der Waals surface area contributed by atoms with Crippen molar-refractivity contribution < 1.29 is 9.53 Å². The molecule has 0 spiro atoms. The largest absolute Gasteiger partial charge is 0.481 e. The van der Waals surface area contributed by atoms with Crippen LogP contribution in [0.2, 0.25) is 0 Å². The zero-order chi connectivity index (χ0) is 14.5. The summed E-state index contributed by atoms with van der Waals surface area (Å²) in [7, 11) is 1.58. The normalized spacial score (nSPS) is 10.4. The van der Waals surface area contributed by atoms with Crippen LogP contribution in [0, 0.1) is 0 Å². The molecule has 0 fully saturated rings. The van der Waals surface area contributed by atoms with Gasteiger partial charge < -0.3 is 10.1 Å². The minimum absolute atomic E-state index is 0.0664. The SMILES string of the molecule is COc1ccc(-c2cccc(C(=O)NC(C)C)c2)cn1. The maximum absolute atomic E-state index is 12.0. The standard InChI is InChI=1S/C16H18N2O2/c1-11(2)18-16(19)13-6-4-5-12(9-13)14-7-8-15(20-3)17-10-14/h4-11H,1-3H3,(H,18,19). The Morgan fingerprint density at radius 2 is 2.00 bits per heavy atom. The fourth-order valence-corrected chi connectivity index (χ4v) is 1.86. The molecule has 0 radical (unpaired) electrons. The monoisotopic (exact) mass is 270 g/mol. The summed E-state index contributed by atoms with van der Waals surface area (Å²) >= 11 is 0. The van der Waals surface area contributed by atoms with Gasteiger partial charge in [-0.05, 0) is 37.6 Å². The number of pyridine rings is 1. The summed E-state index contributed by atoms with van der Waals surface area (Å²) in [6.07, 6.45) is 1.73. The van der Waals surface area contributed by atoms with E-state index in [1.54, 1.807) is 25.4 Å². The Hall–Kier alpha value is -2.36. The smallest absolute Gasteiger partial charge is 0.251 e. The predicted molar refractivity (Wildman–Crippen MR) is 78.8 cm³/mol. The van der Waals surface area contributed by atoms with Gasteiger partial charge >= 0.3 is 0 Å². The lowest BCUT2D eigenvalue weighted by Crippen LogP contribution is -2.30. The zero-order valence-corrected chi connectivity index (χ0v) is 11.9. The molecule has 4 heteroatoms. The number of aromatic nitrogens is 1. The van der Waals surface area contributed by atoms with Gasteiger partial charge in [-0.1, -0.05) is 12.1 Å². The van der Waals surface area contributed by atoms with Crippen LogP contribution in [0.3, 0.4) is 0 Å². The molecular weight excluding hydrogens is 252 g/mol. The van der Waals surface area contributed by atoms with Crippen molar-refractivity contribution in [3.05, 3.63) is 48.2 Å². The van der Waals surface area contributed by atoms with Crippen molar-refractivity contribution in [1.82, 2.24) is 10.3 Å². The lowest BCUT2D eigenvalue weighted by Gasteiger charge is -2.09. The van der Waals surface area contributed by atoms with Gasteiger partial charge in [-0.15, -0.1) is 0 Å². The average molecular weight is 270 g/mol. The van der Waals surface area contributed by atoms with E-state index in [4.69, 9.17) is 4.74 Å². The third kappa shape index (κ3) is 3.35. The van der Waals surface area contributed by atoms with Crippen molar-refractivity contribution in [1.29, 1.82) is 0 Å². The van der Waals surface area contributed by atoms with Crippen LogP contribution in [-0.4, -0.2) is 24.0 Å². The Labute approximate surface area is 118 Å². The van der Waals surface area contributed by atoms with Crippen molar-refractivity contribution in [2.75, 3.05) is 7.11 Å². The van der Waals surface area contributed by atoms with Gasteiger partial charge in [0.15, 0.2) is 0 Å². The number of nitrogens with one attached hydrogen (secondary N) is 1. The summed E-state index contributed by atoms with van der Waals surface area (Å²) in [4.78, 5) is 16.2. The van der Waals surface area contributed by atoms with Gasteiger partial charge in [-0.25, -0.2) is 4.98 Å². The molecule has 0 saturated heterocycles. The molecule has 1 aromatic carbocycles. The molecule has 0 unspecified atom stereocenters. The van der Waals surface area contributed by atoms with Gasteiger partial charge in [0.2, 0.25) is 5.88 Å². The number of hydrogen-bond donors (Lipinski definition) is 1. The molecule has 1 heterocycles. The first-order valence-electron chi connectivity index (χ1n) is 6.51. The average Bonchev–Trinajstić information content (AvgIpc) is 2.47. The number of carbonyl (C=O) groups excluding carboxylic acids is 1. The van der Waals surface area contributed by atoms with Crippen molar-refractivity contribution >= 4 is 5.91 Å². The number of nitrogens with zero attached hydrogens (tertiary/aromatic N) is 1. The zero-order valence-electron chi connectivity index (χ0n) is 11.9. The van der Waals surface area contributed by atoms with E-state index < -0.39 is 0 Å². The van der Waals surface area contributed by atoms with E-state index >= 15 is 0 Å².